The third kappa shape index (κ3) is 5.75. The van der Waals surface area contributed by atoms with Crippen molar-refractivity contribution in [1.29, 1.82) is 0 Å². The zero-order valence-corrected chi connectivity index (χ0v) is 22.7. The van der Waals surface area contributed by atoms with Crippen LogP contribution < -0.4 is 20.1 Å². The number of ether oxygens (including phenoxy) is 4. The van der Waals surface area contributed by atoms with Gasteiger partial charge in [0.2, 0.25) is 0 Å². The molecule has 4 aromatic rings. The predicted octanol–water partition coefficient (Wildman–Crippen LogP) is 6.03. The number of halogens is 3. The highest BCUT2D eigenvalue weighted by atomic mass is 35.5. The second-order valence-electron chi connectivity index (χ2n) is 7.93. The largest absolute Gasteiger partial charge is 0.493 e. The van der Waals surface area contributed by atoms with Crippen LogP contribution in [0.25, 0.3) is 10.8 Å². The summed E-state index contributed by atoms with van der Waals surface area (Å²) in [6.45, 7) is -0.299. The fourth-order valence-corrected chi connectivity index (χ4v) is 4.89. The number of fused-ring (bicyclic) bond motifs is 1. The maximum atomic E-state index is 14.8. The van der Waals surface area contributed by atoms with E-state index in [9.17, 15) is 23.2 Å². The summed E-state index contributed by atoms with van der Waals surface area (Å²) in [5.41, 5.74) is -0.445. The molecule has 0 radical (unpaired) electrons. The number of benzene rings is 2. The summed E-state index contributed by atoms with van der Waals surface area (Å²) in [5, 5.41) is 7.22. The number of carbonyl (C=O) groups excluding carboxylic acids is 3. The number of methoxy groups -OCH3 is 3. The summed E-state index contributed by atoms with van der Waals surface area (Å²) < 4.78 is 49.9. The highest BCUT2D eigenvalue weighted by Gasteiger charge is 2.26. The minimum atomic E-state index is -0.949. The van der Waals surface area contributed by atoms with Gasteiger partial charge in [-0.1, -0.05) is 11.6 Å². The smallest absolute Gasteiger partial charge is 0.349 e. The van der Waals surface area contributed by atoms with Crippen LogP contribution in [0.4, 0.5) is 25.0 Å². The van der Waals surface area contributed by atoms with Crippen LogP contribution in [0.1, 0.15) is 25.6 Å². The molecule has 2 N–H and O–H groups in total. The number of thiophene rings is 1. The van der Waals surface area contributed by atoms with E-state index < -0.39 is 29.6 Å². The fourth-order valence-electron chi connectivity index (χ4n) is 3.72. The quantitative estimate of drug-likeness (QED) is 0.238. The van der Waals surface area contributed by atoms with Crippen LogP contribution in [-0.4, -0.2) is 44.3 Å². The third-order valence-electron chi connectivity index (χ3n) is 5.62. The molecular formula is C26H20ClF2N3O7S. The molecule has 208 valence electrons. The second kappa shape index (κ2) is 12.1. The molecule has 2 amide bonds. The second-order valence-corrected chi connectivity index (χ2v) is 9.21. The van der Waals surface area contributed by atoms with Gasteiger partial charge in [-0.25, -0.2) is 23.2 Å². The van der Waals surface area contributed by atoms with Crippen molar-refractivity contribution in [1.82, 2.24) is 4.98 Å². The molecule has 2 heterocycles. The molecule has 0 saturated heterocycles. The van der Waals surface area contributed by atoms with Gasteiger partial charge in [0.05, 0.1) is 37.7 Å². The number of aromatic nitrogens is 1. The predicted molar refractivity (Wildman–Crippen MR) is 144 cm³/mol. The van der Waals surface area contributed by atoms with E-state index >= 15 is 0 Å². The molecular weight excluding hydrogens is 572 g/mol. The van der Waals surface area contributed by atoms with Gasteiger partial charge in [0.1, 0.15) is 22.9 Å². The number of anilines is 2. The molecule has 2 aromatic heterocycles. The molecule has 0 saturated carbocycles. The summed E-state index contributed by atoms with van der Waals surface area (Å²) in [6.07, 6.45) is 2.96. The molecule has 40 heavy (non-hydrogen) atoms. The van der Waals surface area contributed by atoms with Crippen molar-refractivity contribution in [2.24, 2.45) is 0 Å². The Morgan fingerprint density at radius 1 is 0.950 bits per heavy atom. The first-order chi connectivity index (χ1) is 19.2. The van der Waals surface area contributed by atoms with E-state index in [1.54, 1.807) is 6.07 Å². The van der Waals surface area contributed by atoms with Gasteiger partial charge in [-0.2, -0.15) is 0 Å². The molecule has 0 fully saturated rings. The highest BCUT2D eigenvalue weighted by Crippen LogP contribution is 2.35. The molecule has 0 aliphatic rings. The number of nitrogens with zero attached hydrogens (tertiary/aromatic N) is 1. The van der Waals surface area contributed by atoms with E-state index in [-0.39, 0.29) is 50.5 Å². The van der Waals surface area contributed by atoms with E-state index in [4.69, 9.17) is 25.8 Å². The van der Waals surface area contributed by atoms with Gasteiger partial charge in [0.25, 0.3) is 0 Å². The molecule has 0 aliphatic heterocycles. The van der Waals surface area contributed by atoms with Crippen LogP contribution >= 0.6 is 22.9 Å². The Hall–Kier alpha value is -4.49. The van der Waals surface area contributed by atoms with Gasteiger partial charge < -0.3 is 29.6 Å². The molecule has 0 unspecified atom stereocenters. The minimum Gasteiger partial charge on any atom is -0.493 e. The van der Waals surface area contributed by atoms with Crippen molar-refractivity contribution in [3.05, 3.63) is 74.7 Å². The van der Waals surface area contributed by atoms with Crippen molar-refractivity contribution in [3.8, 4) is 11.5 Å². The number of urea groups is 1. The van der Waals surface area contributed by atoms with E-state index in [0.29, 0.717) is 10.8 Å². The Balaban J connectivity index is 1.58. The molecule has 4 rings (SSSR count). The molecule has 2 aromatic carbocycles. The fraction of sp³-hybridized carbons (Fsp3) is 0.154. The molecule has 0 aliphatic carbocycles. The van der Waals surface area contributed by atoms with Gasteiger partial charge in [0, 0.05) is 46.2 Å². The Labute approximate surface area is 234 Å². The Morgan fingerprint density at radius 3 is 2.38 bits per heavy atom. The lowest BCUT2D eigenvalue weighted by Gasteiger charge is -2.16. The molecule has 0 atom stereocenters. The van der Waals surface area contributed by atoms with Crippen LogP contribution in [0, 0.1) is 11.6 Å². The number of amides is 2. The number of nitrogens with one attached hydrogen (secondary N) is 2. The summed E-state index contributed by atoms with van der Waals surface area (Å²) in [6, 6.07) is 3.96. The van der Waals surface area contributed by atoms with Gasteiger partial charge in [0.15, 0.2) is 17.3 Å². The number of hydrogen-bond donors (Lipinski definition) is 2. The molecule has 0 spiro atoms. The summed E-state index contributed by atoms with van der Waals surface area (Å²) in [4.78, 5) is 40.9. The maximum absolute atomic E-state index is 14.8. The highest BCUT2D eigenvalue weighted by molar-refractivity contribution is 7.13. The number of carbonyl (C=O) groups is 3. The minimum absolute atomic E-state index is 0.00986. The van der Waals surface area contributed by atoms with Crippen LogP contribution in [0.3, 0.4) is 0 Å². The van der Waals surface area contributed by atoms with Crippen LogP contribution in [-0.2, 0) is 16.1 Å². The molecule has 0 bridgehead atoms. The van der Waals surface area contributed by atoms with Gasteiger partial charge >= 0.3 is 18.0 Å². The average Bonchev–Trinajstić information content (AvgIpc) is 3.36. The van der Waals surface area contributed by atoms with Crippen LogP contribution in [0.15, 0.2) is 42.0 Å². The molecule has 14 heteroatoms. The van der Waals surface area contributed by atoms with Gasteiger partial charge in [-0.05, 0) is 12.1 Å². The summed E-state index contributed by atoms with van der Waals surface area (Å²) >= 11 is 6.99. The first kappa shape index (κ1) is 28.5. The first-order valence-electron chi connectivity index (χ1n) is 11.3. The maximum Gasteiger partial charge on any atom is 0.349 e. The van der Waals surface area contributed by atoms with E-state index in [1.807, 2.05) is 0 Å². The Morgan fingerprint density at radius 2 is 1.68 bits per heavy atom. The SMILES string of the molecule is COC(=O)c1scc(NC(=O)Nc2cc(OCc3c(F)cc(Cl)c4ccncc34)c(OC)cc2F)c1C(=O)OC. The number of esters is 2. The Bertz CT molecular complexity index is 1630. The van der Waals surface area contributed by atoms with Crippen molar-refractivity contribution < 1.29 is 42.1 Å². The molecule has 10 nitrogen and oxygen atoms in total. The zero-order valence-electron chi connectivity index (χ0n) is 21.1. The van der Waals surface area contributed by atoms with Crippen LogP contribution in [0.2, 0.25) is 5.02 Å². The van der Waals surface area contributed by atoms with Crippen molar-refractivity contribution >= 4 is 63.1 Å². The monoisotopic (exact) mass is 591 g/mol. The van der Waals surface area contributed by atoms with Gasteiger partial charge in [-0.3, -0.25) is 4.98 Å². The lowest BCUT2D eigenvalue weighted by molar-refractivity contribution is 0.0561. The van der Waals surface area contributed by atoms with Crippen molar-refractivity contribution in [2.45, 2.75) is 6.61 Å². The lowest BCUT2D eigenvalue weighted by Crippen LogP contribution is -2.22. The van der Waals surface area contributed by atoms with E-state index in [1.165, 1.54) is 24.9 Å². The van der Waals surface area contributed by atoms with Crippen LogP contribution in [0.5, 0.6) is 11.5 Å². The van der Waals surface area contributed by atoms with E-state index in [2.05, 4.69) is 20.4 Å². The zero-order chi connectivity index (χ0) is 29.0. The normalized spacial score (nSPS) is 10.7. The van der Waals surface area contributed by atoms with Crippen molar-refractivity contribution in [2.75, 3.05) is 32.0 Å². The topological polar surface area (TPSA) is 125 Å². The third-order valence-corrected chi connectivity index (χ3v) is 6.89. The summed E-state index contributed by atoms with van der Waals surface area (Å²) in [7, 11) is 3.53. The Kier molecular flexibility index (Phi) is 8.65. The summed E-state index contributed by atoms with van der Waals surface area (Å²) in [5.74, 6) is -3.23. The lowest BCUT2D eigenvalue weighted by atomic mass is 10.1. The standard InChI is InChI=1S/C26H20ClF2N3O7S/c1-36-20-7-17(29)18(31-26(35)32-19-11-40-23(25(34)38-3)22(19)24(33)37-2)8-21(20)39-10-14-13-9-30-5-4-12(13)15(27)6-16(14)28/h4-9,11H,10H2,1-3H3,(H2,31,32,35). The number of hydrogen-bond acceptors (Lipinski definition) is 9. The van der Waals surface area contributed by atoms with Crippen molar-refractivity contribution in [3.63, 3.8) is 0 Å². The number of rotatable bonds is 8. The number of pyridine rings is 1. The van der Waals surface area contributed by atoms with Gasteiger partial charge in [-0.15, -0.1) is 11.3 Å². The first-order valence-corrected chi connectivity index (χ1v) is 12.5. The average molecular weight is 592 g/mol. The van der Waals surface area contributed by atoms with E-state index in [0.717, 1.165) is 43.8 Å².